The monoisotopic (exact) mass is 375 g/mol. The minimum atomic E-state index is 0.166. The summed E-state index contributed by atoms with van der Waals surface area (Å²) in [7, 11) is 3.75. The fourth-order valence-corrected chi connectivity index (χ4v) is 3.52. The molecular formula is C25H33N3. The maximum absolute atomic E-state index is 6.12. The van der Waals surface area contributed by atoms with Gasteiger partial charge in [0.25, 0.3) is 0 Å². The van der Waals surface area contributed by atoms with E-state index in [1.165, 1.54) is 27.8 Å². The number of hydrogen-bond acceptors (Lipinski definition) is 3. The van der Waals surface area contributed by atoms with Gasteiger partial charge in [-0.1, -0.05) is 42.5 Å². The molecule has 0 saturated heterocycles. The molecule has 0 amide bonds. The van der Waals surface area contributed by atoms with E-state index in [0.717, 1.165) is 22.5 Å². The lowest BCUT2D eigenvalue weighted by atomic mass is 9.80. The summed E-state index contributed by atoms with van der Waals surface area (Å²) < 4.78 is 0. The molecule has 0 aliphatic rings. The normalized spacial score (nSPS) is 10.5. The highest BCUT2D eigenvalue weighted by Gasteiger charge is 2.21. The summed E-state index contributed by atoms with van der Waals surface area (Å²) in [5.41, 5.74) is 22.5. The maximum Gasteiger partial charge on any atom is 0.0346 e. The van der Waals surface area contributed by atoms with E-state index in [-0.39, 0.29) is 5.92 Å². The molecule has 3 aromatic rings. The number of benzene rings is 3. The zero-order valence-corrected chi connectivity index (χ0v) is 17.9. The molecule has 0 aromatic heterocycles. The third-order valence-electron chi connectivity index (χ3n) is 5.06. The van der Waals surface area contributed by atoms with Crippen LogP contribution in [0.15, 0.2) is 54.6 Å². The molecule has 0 fully saturated rings. The Morgan fingerprint density at radius 1 is 0.643 bits per heavy atom. The van der Waals surface area contributed by atoms with Gasteiger partial charge in [0.05, 0.1) is 0 Å². The van der Waals surface area contributed by atoms with Gasteiger partial charge in [-0.2, -0.15) is 0 Å². The Labute approximate surface area is 169 Å². The van der Waals surface area contributed by atoms with Gasteiger partial charge >= 0.3 is 0 Å². The van der Waals surface area contributed by atoms with Crippen LogP contribution < -0.4 is 16.8 Å². The van der Waals surface area contributed by atoms with E-state index in [0.29, 0.717) is 0 Å². The predicted octanol–water partition coefficient (Wildman–Crippen LogP) is 5.10. The van der Waals surface area contributed by atoms with Gasteiger partial charge in [-0.3, -0.25) is 0 Å². The van der Waals surface area contributed by atoms with Crippen molar-refractivity contribution in [2.45, 2.75) is 33.6 Å². The summed E-state index contributed by atoms with van der Waals surface area (Å²) in [4.78, 5) is 0. The lowest BCUT2D eigenvalue weighted by Gasteiger charge is -2.24. The first-order chi connectivity index (χ1) is 13.3. The van der Waals surface area contributed by atoms with E-state index in [9.17, 15) is 0 Å². The molecule has 0 unspecified atom stereocenters. The summed E-state index contributed by atoms with van der Waals surface area (Å²) in [6, 6.07) is 19.3. The molecule has 0 spiro atoms. The molecule has 0 heterocycles. The molecule has 0 bridgehead atoms. The van der Waals surface area contributed by atoms with Crippen LogP contribution in [0.3, 0.4) is 0 Å². The molecule has 148 valence electrons. The summed E-state index contributed by atoms with van der Waals surface area (Å²) in [6.07, 6.45) is 0. The highest BCUT2D eigenvalue weighted by atomic mass is 14.7. The van der Waals surface area contributed by atoms with Crippen molar-refractivity contribution in [2.24, 2.45) is 0 Å². The zero-order chi connectivity index (χ0) is 20.8. The predicted molar refractivity (Wildman–Crippen MR) is 123 cm³/mol. The molecule has 0 aliphatic heterocycles. The van der Waals surface area contributed by atoms with Crippen LogP contribution in [0.25, 0.3) is 0 Å². The van der Waals surface area contributed by atoms with E-state index < -0.39 is 0 Å². The topological polar surface area (TPSA) is 64.1 Å². The number of nitrogens with two attached hydrogens (primary N) is 2. The standard InChI is InChI=1S/C23H26N2.C2H7N/c1-14-12-21(24)16(3)10-19(14)23(18-8-6-5-7-9-18)20-11-17(4)22(25)13-15(20)2;1-3-2/h5-13,23H,24-25H2,1-4H3;3H,1-2H3. The second kappa shape index (κ2) is 9.43. The molecule has 0 saturated carbocycles. The average molecular weight is 376 g/mol. The lowest BCUT2D eigenvalue weighted by Crippen LogP contribution is -2.09. The van der Waals surface area contributed by atoms with E-state index in [2.05, 4.69) is 87.6 Å². The van der Waals surface area contributed by atoms with Crippen molar-refractivity contribution >= 4 is 11.4 Å². The lowest BCUT2D eigenvalue weighted by molar-refractivity contribution is 0.945. The van der Waals surface area contributed by atoms with E-state index in [1.54, 1.807) is 0 Å². The highest BCUT2D eigenvalue weighted by Crippen LogP contribution is 2.38. The molecule has 3 heteroatoms. The van der Waals surface area contributed by atoms with Crippen molar-refractivity contribution in [1.82, 2.24) is 5.32 Å². The van der Waals surface area contributed by atoms with Gasteiger partial charge in [-0.15, -0.1) is 0 Å². The van der Waals surface area contributed by atoms with E-state index in [1.807, 2.05) is 14.1 Å². The van der Waals surface area contributed by atoms with E-state index >= 15 is 0 Å². The number of nitrogens with one attached hydrogen (secondary N) is 1. The fraction of sp³-hybridized carbons (Fsp3) is 0.280. The number of aryl methyl sites for hydroxylation is 4. The smallest absolute Gasteiger partial charge is 0.0346 e. The van der Waals surface area contributed by atoms with Crippen molar-refractivity contribution in [3.63, 3.8) is 0 Å². The Morgan fingerprint density at radius 2 is 1.04 bits per heavy atom. The molecule has 3 nitrogen and oxygen atoms in total. The van der Waals surface area contributed by atoms with Crippen molar-refractivity contribution in [3.05, 3.63) is 93.5 Å². The average Bonchev–Trinajstić information content (AvgIpc) is 2.65. The third kappa shape index (κ3) is 4.73. The summed E-state index contributed by atoms with van der Waals surface area (Å²) >= 11 is 0. The minimum Gasteiger partial charge on any atom is -0.399 e. The Bertz CT molecular complexity index is 873. The van der Waals surface area contributed by atoms with Crippen LogP contribution in [0.2, 0.25) is 0 Å². The van der Waals surface area contributed by atoms with Gasteiger partial charge in [0.15, 0.2) is 0 Å². The number of anilines is 2. The first-order valence-electron chi connectivity index (χ1n) is 9.66. The Hall–Kier alpha value is -2.78. The molecule has 3 rings (SSSR count). The van der Waals surface area contributed by atoms with Crippen molar-refractivity contribution in [1.29, 1.82) is 0 Å². The molecule has 3 aromatic carbocycles. The molecule has 5 N–H and O–H groups in total. The van der Waals surface area contributed by atoms with Crippen LogP contribution in [0.5, 0.6) is 0 Å². The number of rotatable bonds is 3. The molecule has 0 atom stereocenters. The zero-order valence-electron chi connectivity index (χ0n) is 17.9. The summed E-state index contributed by atoms with van der Waals surface area (Å²) in [5, 5.41) is 2.75. The minimum absolute atomic E-state index is 0.166. The van der Waals surface area contributed by atoms with Gasteiger partial charge in [-0.05, 0) is 92.9 Å². The van der Waals surface area contributed by atoms with E-state index in [4.69, 9.17) is 11.5 Å². The van der Waals surface area contributed by atoms with Crippen LogP contribution in [0, 0.1) is 27.7 Å². The Balaban J connectivity index is 0.000000878. The highest BCUT2D eigenvalue weighted by molar-refractivity contribution is 5.59. The van der Waals surface area contributed by atoms with Gasteiger partial charge < -0.3 is 16.8 Å². The van der Waals surface area contributed by atoms with Crippen molar-refractivity contribution in [3.8, 4) is 0 Å². The Kier molecular flexibility index (Phi) is 7.24. The van der Waals surface area contributed by atoms with Gasteiger partial charge in [0, 0.05) is 17.3 Å². The van der Waals surface area contributed by atoms with Crippen LogP contribution in [-0.4, -0.2) is 14.1 Å². The second-order valence-corrected chi connectivity index (χ2v) is 7.47. The first kappa shape index (κ1) is 21.5. The van der Waals surface area contributed by atoms with Crippen molar-refractivity contribution in [2.75, 3.05) is 25.6 Å². The number of nitrogen functional groups attached to an aromatic ring is 2. The molecular weight excluding hydrogens is 342 g/mol. The summed E-state index contributed by atoms with van der Waals surface area (Å²) in [6.45, 7) is 8.42. The van der Waals surface area contributed by atoms with Crippen LogP contribution in [0.1, 0.15) is 44.9 Å². The molecule has 28 heavy (non-hydrogen) atoms. The van der Waals surface area contributed by atoms with Gasteiger partial charge in [0.2, 0.25) is 0 Å². The SMILES string of the molecule is CNC.Cc1cc(C(c2ccccc2)c2cc(C)c(N)cc2C)c(C)cc1N. The maximum atomic E-state index is 6.12. The second-order valence-electron chi connectivity index (χ2n) is 7.47. The summed E-state index contributed by atoms with van der Waals surface area (Å²) in [5.74, 6) is 0.166. The van der Waals surface area contributed by atoms with Crippen LogP contribution in [0.4, 0.5) is 11.4 Å². The molecule has 0 radical (unpaired) electrons. The Morgan fingerprint density at radius 3 is 1.43 bits per heavy atom. The first-order valence-corrected chi connectivity index (χ1v) is 9.66. The third-order valence-corrected chi connectivity index (χ3v) is 5.06. The largest absolute Gasteiger partial charge is 0.399 e. The fourth-order valence-electron chi connectivity index (χ4n) is 3.52. The van der Waals surface area contributed by atoms with Crippen molar-refractivity contribution < 1.29 is 0 Å². The van der Waals surface area contributed by atoms with Gasteiger partial charge in [0.1, 0.15) is 0 Å². The quantitative estimate of drug-likeness (QED) is 0.441. The number of hydrogen-bond donors (Lipinski definition) is 3. The molecule has 0 aliphatic carbocycles. The van der Waals surface area contributed by atoms with Gasteiger partial charge in [-0.25, -0.2) is 0 Å². The van der Waals surface area contributed by atoms with Crippen LogP contribution >= 0.6 is 0 Å². The van der Waals surface area contributed by atoms with Crippen LogP contribution in [-0.2, 0) is 0 Å².